The highest BCUT2D eigenvalue weighted by atomic mass is 16.6. The van der Waals surface area contributed by atoms with Gasteiger partial charge in [0.1, 0.15) is 5.60 Å². The lowest BCUT2D eigenvalue weighted by Gasteiger charge is -2.29. The van der Waals surface area contributed by atoms with Crippen molar-refractivity contribution in [2.45, 2.75) is 70.3 Å². The number of amides is 1. The lowest BCUT2D eigenvalue weighted by Crippen LogP contribution is -2.49. The second-order valence-electron chi connectivity index (χ2n) is 5.90. The first-order chi connectivity index (χ1) is 7.92. The van der Waals surface area contributed by atoms with Crippen molar-refractivity contribution in [1.82, 2.24) is 10.9 Å². The van der Waals surface area contributed by atoms with Crippen molar-refractivity contribution >= 4 is 6.09 Å². The molecular formula is C12H22N2O3. The standard InChI is InChI=1S/C12H22N2O3/c1-12(2,3)17-11(15)14-13-8-6-9-4-5-10(7-8)16-9/h8-10,13H,4-7H2,1-3H3,(H,14,15). The molecule has 0 spiro atoms. The summed E-state index contributed by atoms with van der Waals surface area (Å²) < 4.78 is 10.9. The molecule has 2 rings (SSSR count). The summed E-state index contributed by atoms with van der Waals surface area (Å²) in [6.07, 6.45) is 4.54. The Hall–Kier alpha value is -0.810. The monoisotopic (exact) mass is 242 g/mol. The Labute approximate surface area is 102 Å². The smallest absolute Gasteiger partial charge is 0.422 e. The van der Waals surface area contributed by atoms with Crippen LogP contribution in [0.3, 0.4) is 0 Å². The Morgan fingerprint density at radius 3 is 2.35 bits per heavy atom. The Morgan fingerprint density at radius 2 is 1.82 bits per heavy atom. The lowest BCUT2D eigenvalue weighted by molar-refractivity contribution is -0.0127. The molecule has 2 N–H and O–H groups in total. The minimum atomic E-state index is -0.458. The Morgan fingerprint density at radius 1 is 1.24 bits per heavy atom. The van der Waals surface area contributed by atoms with Crippen molar-refractivity contribution in [2.75, 3.05) is 0 Å². The molecule has 1 amide bonds. The molecule has 5 heteroatoms. The maximum absolute atomic E-state index is 11.5. The Bertz CT molecular complexity index is 276. The number of ether oxygens (including phenoxy) is 2. The molecule has 2 unspecified atom stereocenters. The molecule has 2 aliphatic rings. The van der Waals surface area contributed by atoms with Gasteiger partial charge >= 0.3 is 6.09 Å². The van der Waals surface area contributed by atoms with E-state index in [1.54, 1.807) is 0 Å². The van der Waals surface area contributed by atoms with Gasteiger partial charge in [0.2, 0.25) is 0 Å². The third-order valence-corrected chi connectivity index (χ3v) is 3.07. The van der Waals surface area contributed by atoms with Crippen LogP contribution in [0.4, 0.5) is 4.79 Å². The van der Waals surface area contributed by atoms with Gasteiger partial charge in [-0.3, -0.25) is 5.43 Å². The van der Waals surface area contributed by atoms with Crippen molar-refractivity contribution in [1.29, 1.82) is 0 Å². The molecule has 0 saturated carbocycles. The van der Waals surface area contributed by atoms with Crippen LogP contribution >= 0.6 is 0 Å². The lowest BCUT2D eigenvalue weighted by atomic mass is 10.1. The number of nitrogens with one attached hydrogen (secondary N) is 2. The van der Waals surface area contributed by atoms with Crippen molar-refractivity contribution < 1.29 is 14.3 Å². The maximum atomic E-state index is 11.5. The molecule has 2 fully saturated rings. The predicted molar refractivity (Wildman–Crippen MR) is 63.4 cm³/mol. The number of carbonyl (C=O) groups excluding carboxylic acids is 1. The van der Waals surface area contributed by atoms with Crippen molar-refractivity contribution in [2.24, 2.45) is 0 Å². The van der Waals surface area contributed by atoms with Crippen molar-refractivity contribution in [3.8, 4) is 0 Å². The summed E-state index contributed by atoms with van der Waals surface area (Å²) in [5.74, 6) is 0. The number of fused-ring (bicyclic) bond motifs is 2. The molecule has 2 heterocycles. The number of hydrazine groups is 1. The molecule has 98 valence electrons. The first-order valence-electron chi connectivity index (χ1n) is 6.32. The summed E-state index contributed by atoms with van der Waals surface area (Å²) in [5.41, 5.74) is 5.19. The molecule has 2 atom stereocenters. The van der Waals surface area contributed by atoms with Gasteiger partial charge in [-0.25, -0.2) is 10.2 Å². The first kappa shape index (κ1) is 12.6. The normalized spacial score (nSPS) is 32.3. The Balaban J connectivity index is 1.70. The summed E-state index contributed by atoms with van der Waals surface area (Å²) in [6, 6.07) is 0.300. The fourth-order valence-electron chi connectivity index (χ4n) is 2.44. The van der Waals surface area contributed by atoms with E-state index in [2.05, 4.69) is 10.9 Å². The third-order valence-electron chi connectivity index (χ3n) is 3.07. The van der Waals surface area contributed by atoms with E-state index in [4.69, 9.17) is 9.47 Å². The number of hydrogen-bond acceptors (Lipinski definition) is 4. The molecule has 2 aliphatic heterocycles. The van der Waals surface area contributed by atoms with E-state index >= 15 is 0 Å². The average molecular weight is 242 g/mol. The first-order valence-corrected chi connectivity index (χ1v) is 6.32. The van der Waals surface area contributed by atoms with Crippen LogP contribution in [0.5, 0.6) is 0 Å². The summed E-state index contributed by atoms with van der Waals surface area (Å²) in [7, 11) is 0. The number of rotatable bonds is 2. The zero-order chi connectivity index (χ0) is 12.5. The van der Waals surface area contributed by atoms with E-state index in [1.807, 2.05) is 20.8 Å². The SMILES string of the molecule is CC(C)(C)OC(=O)NNC1CC2CCC(C1)O2. The van der Waals surface area contributed by atoms with Gasteiger partial charge in [-0.1, -0.05) is 0 Å². The minimum Gasteiger partial charge on any atom is -0.443 e. The topological polar surface area (TPSA) is 59.6 Å². The van der Waals surface area contributed by atoms with E-state index in [0.717, 1.165) is 25.7 Å². The predicted octanol–water partition coefficient (Wildman–Crippen LogP) is 1.73. The molecular weight excluding hydrogens is 220 g/mol. The zero-order valence-corrected chi connectivity index (χ0v) is 10.8. The van der Waals surface area contributed by atoms with Gasteiger partial charge in [0, 0.05) is 6.04 Å². The molecule has 0 aromatic rings. The minimum absolute atomic E-state index is 0.300. The van der Waals surface area contributed by atoms with Gasteiger partial charge < -0.3 is 9.47 Å². The largest absolute Gasteiger partial charge is 0.443 e. The van der Waals surface area contributed by atoms with Gasteiger partial charge in [-0.2, -0.15) is 0 Å². The van der Waals surface area contributed by atoms with Gasteiger partial charge in [0.15, 0.2) is 0 Å². The Kier molecular flexibility index (Phi) is 3.58. The van der Waals surface area contributed by atoms with Gasteiger partial charge in [-0.15, -0.1) is 0 Å². The summed E-state index contributed by atoms with van der Waals surface area (Å²) >= 11 is 0. The molecule has 5 nitrogen and oxygen atoms in total. The molecule has 0 aromatic carbocycles. The number of hydrogen-bond donors (Lipinski definition) is 2. The second kappa shape index (κ2) is 4.82. The zero-order valence-electron chi connectivity index (χ0n) is 10.8. The van der Waals surface area contributed by atoms with Crippen molar-refractivity contribution in [3.63, 3.8) is 0 Å². The molecule has 0 aromatic heterocycles. The summed E-state index contributed by atoms with van der Waals surface area (Å²) in [5, 5.41) is 0. The van der Waals surface area contributed by atoms with E-state index in [0.29, 0.717) is 18.2 Å². The van der Waals surface area contributed by atoms with Gasteiger partial charge in [0.25, 0.3) is 0 Å². The second-order valence-corrected chi connectivity index (χ2v) is 5.90. The van der Waals surface area contributed by atoms with Gasteiger partial charge in [0.05, 0.1) is 12.2 Å². The van der Waals surface area contributed by atoms with E-state index in [9.17, 15) is 4.79 Å². The number of carbonyl (C=O) groups is 1. The summed E-state index contributed by atoms with van der Waals surface area (Å²) in [6.45, 7) is 5.55. The average Bonchev–Trinajstić information content (AvgIpc) is 2.53. The van der Waals surface area contributed by atoms with Crippen LogP contribution in [0.2, 0.25) is 0 Å². The van der Waals surface area contributed by atoms with Crippen LogP contribution in [0.15, 0.2) is 0 Å². The molecule has 0 aliphatic carbocycles. The highest BCUT2D eigenvalue weighted by molar-refractivity contribution is 5.67. The fourth-order valence-corrected chi connectivity index (χ4v) is 2.44. The molecule has 2 bridgehead atoms. The van der Waals surface area contributed by atoms with Gasteiger partial charge in [-0.05, 0) is 46.5 Å². The summed E-state index contributed by atoms with van der Waals surface area (Å²) in [4.78, 5) is 11.5. The fraction of sp³-hybridized carbons (Fsp3) is 0.917. The molecule has 17 heavy (non-hydrogen) atoms. The quantitative estimate of drug-likeness (QED) is 0.724. The van der Waals surface area contributed by atoms with Crippen LogP contribution in [0, 0.1) is 0 Å². The third kappa shape index (κ3) is 3.85. The maximum Gasteiger partial charge on any atom is 0.422 e. The van der Waals surface area contributed by atoms with Crippen LogP contribution in [-0.4, -0.2) is 29.9 Å². The van der Waals surface area contributed by atoms with Crippen LogP contribution in [0.1, 0.15) is 46.5 Å². The highest BCUT2D eigenvalue weighted by Crippen LogP contribution is 2.32. The van der Waals surface area contributed by atoms with Crippen molar-refractivity contribution in [3.05, 3.63) is 0 Å². The molecule has 0 radical (unpaired) electrons. The highest BCUT2D eigenvalue weighted by Gasteiger charge is 2.35. The van der Waals surface area contributed by atoms with Crippen LogP contribution in [-0.2, 0) is 9.47 Å². The van der Waals surface area contributed by atoms with E-state index < -0.39 is 11.7 Å². The molecule has 2 saturated heterocycles. The van der Waals surface area contributed by atoms with Crippen LogP contribution in [0.25, 0.3) is 0 Å². The van der Waals surface area contributed by atoms with Crippen LogP contribution < -0.4 is 10.9 Å². The van der Waals surface area contributed by atoms with E-state index in [1.165, 1.54) is 0 Å². The van der Waals surface area contributed by atoms with E-state index in [-0.39, 0.29) is 0 Å².